The number of Topliss-reactive ketones (excluding diaryl/α,β-unsaturated/α-hetero) is 2. The third kappa shape index (κ3) is 14.0. The van der Waals surface area contributed by atoms with Crippen molar-refractivity contribution in [1.82, 2.24) is 4.98 Å². The summed E-state index contributed by atoms with van der Waals surface area (Å²) in [6.45, 7) is 16.7. The zero-order chi connectivity index (χ0) is 37.2. The van der Waals surface area contributed by atoms with E-state index in [1.807, 2.05) is 27.7 Å². The molecule has 2 aromatic rings. The van der Waals surface area contributed by atoms with E-state index in [0.29, 0.717) is 17.9 Å². The van der Waals surface area contributed by atoms with Crippen LogP contribution in [0.4, 0.5) is 0 Å². The Balaban J connectivity index is 2.11. The molecule has 0 unspecified atom stereocenters. The first kappa shape index (κ1) is 41.6. The van der Waals surface area contributed by atoms with Crippen molar-refractivity contribution >= 4 is 31.1 Å². The predicted molar refractivity (Wildman–Crippen MR) is 183 cm³/mol. The van der Waals surface area contributed by atoms with Crippen LogP contribution in [0.25, 0.3) is 0 Å². The molecule has 0 bridgehead atoms. The van der Waals surface area contributed by atoms with Gasteiger partial charge in [-0.05, 0) is 60.7 Å². The van der Waals surface area contributed by atoms with Crippen molar-refractivity contribution in [3.8, 4) is 11.5 Å². The van der Waals surface area contributed by atoms with Crippen molar-refractivity contribution in [1.29, 1.82) is 0 Å². The number of aromatic nitrogens is 1. The largest absolute Gasteiger partial charge is 0.506 e. The molecule has 0 atom stereocenters. The number of ketones is 2. The summed E-state index contributed by atoms with van der Waals surface area (Å²) >= 11 is 0. The molecule has 0 amide bonds. The smallest absolute Gasteiger partial charge is 0.373 e. The van der Waals surface area contributed by atoms with Crippen LogP contribution in [-0.4, -0.2) is 53.5 Å². The van der Waals surface area contributed by atoms with Crippen LogP contribution in [0.2, 0.25) is 0 Å². The highest BCUT2D eigenvalue weighted by Gasteiger charge is 2.29. The van der Waals surface area contributed by atoms with E-state index in [9.17, 15) is 28.8 Å². The zero-order valence-electron chi connectivity index (χ0n) is 30.5. The van der Waals surface area contributed by atoms with Gasteiger partial charge < -0.3 is 19.3 Å². The van der Waals surface area contributed by atoms with E-state index in [0.717, 1.165) is 22.4 Å². The molecular formula is C36H52NO11P. The van der Waals surface area contributed by atoms with Gasteiger partial charge in [0.2, 0.25) is 13.6 Å². The van der Waals surface area contributed by atoms with Crippen molar-refractivity contribution in [3.63, 3.8) is 0 Å². The van der Waals surface area contributed by atoms with Gasteiger partial charge in [-0.2, -0.15) is 0 Å². The molecule has 0 saturated carbocycles. The van der Waals surface area contributed by atoms with E-state index in [1.54, 1.807) is 65.8 Å². The Labute approximate surface area is 289 Å². The zero-order valence-corrected chi connectivity index (χ0v) is 31.4. The highest BCUT2D eigenvalue weighted by molar-refractivity contribution is 7.53. The molecule has 272 valence electrons. The molecule has 1 aromatic heterocycles. The van der Waals surface area contributed by atoms with Crippen LogP contribution < -0.4 is 4.74 Å². The molecule has 1 heterocycles. The Hall–Kier alpha value is -3.60. The Morgan fingerprint density at radius 3 is 1.69 bits per heavy atom. The number of pyridine rings is 1. The number of hydrogen-bond donors (Lipinski definition) is 1. The number of aromatic hydroxyl groups is 1. The number of nitrogens with zero attached hydrogens (tertiary/aromatic N) is 1. The average Bonchev–Trinajstić information content (AvgIpc) is 2.99. The third-order valence-electron chi connectivity index (χ3n) is 7.65. The second kappa shape index (κ2) is 17.9. The number of carbonyl (C=O) groups is 4. The Bertz CT molecular complexity index is 1460. The number of esters is 2. The molecule has 13 heteroatoms. The minimum absolute atomic E-state index is 0.0241. The highest BCUT2D eigenvalue weighted by atomic mass is 31.2. The average molecular weight is 706 g/mol. The van der Waals surface area contributed by atoms with Crippen LogP contribution in [0.5, 0.6) is 11.5 Å². The molecule has 12 nitrogen and oxygen atoms in total. The molecular weight excluding hydrogens is 653 g/mol. The Morgan fingerprint density at radius 2 is 1.27 bits per heavy atom. The van der Waals surface area contributed by atoms with Gasteiger partial charge in [-0.25, -0.2) is 0 Å². The fourth-order valence-corrected chi connectivity index (χ4v) is 5.42. The van der Waals surface area contributed by atoms with Crippen LogP contribution >= 0.6 is 7.60 Å². The molecule has 2 rings (SSSR count). The first-order valence-electron chi connectivity index (χ1n) is 16.3. The number of aryl methyl sites for hydroxylation is 2. The maximum atomic E-state index is 13.6. The van der Waals surface area contributed by atoms with Crippen molar-refractivity contribution < 1.29 is 52.1 Å². The molecule has 0 aliphatic heterocycles. The highest BCUT2D eigenvalue weighted by Crippen LogP contribution is 2.48. The summed E-state index contributed by atoms with van der Waals surface area (Å²) in [5.41, 5.74) is 2.96. The molecule has 1 aromatic carbocycles. The molecule has 0 radical (unpaired) electrons. The first-order valence-corrected chi connectivity index (χ1v) is 18.0. The Morgan fingerprint density at radius 1 is 0.796 bits per heavy atom. The van der Waals surface area contributed by atoms with Gasteiger partial charge in [-0.3, -0.25) is 37.8 Å². The van der Waals surface area contributed by atoms with Gasteiger partial charge in [-0.1, -0.05) is 55.4 Å². The number of benzene rings is 1. The third-order valence-corrected chi connectivity index (χ3v) is 9.09. The summed E-state index contributed by atoms with van der Waals surface area (Å²) in [6, 6.07) is 6.94. The predicted octanol–water partition coefficient (Wildman–Crippen LogP) is 7.47. The van der Waals surface area contributed by atoms with Gasteiger partial charge in [0.1, 0.15) is 23.1 Å². The number of carbonyl (C=O) groups excluding carboxylic acids is 4. The lowest BCUT2D eigenvalue weighted by Crippen LogP contribution is -2.21. The standard InChI is InChI=1S/C36H52NO11P/c1-23(2)34-29(38)12-11-26(37-34)19-28-24(3)17-27(18-25(28)4)46-22-49(43,47-20-44-32(41)15-13-30(39)35(5,6)7)48-21-45-33(42)16-14-31(40)36(8,9)10/h11-12,17-18,23,38H,13-16,19-22H2,1-10H3. The van der Waals surface area contributed by atoms with Crippen LogP contribution in [0.15, 0.2) is 24.3 Å². The molecule has 1 N–H and O–H groups in total. The van der Waals surface area contributed by atoms with E-state index < -0.39 is 50.3 Å². The normalized spacial score (nSPS) is 12.1. The molecule has 0 spiro atoms. The van der Waals surface area contributed by atoms with Gasteiger partial charge >= 0.3 is 19.5 Å². The van der Waals surface area contributed by atoms with E-state index in [1.165, 1.54) is 0 Å². The summed E-state index contributed by atoms with van der Waals surface area (Å²) in [5.74, 6) is -1.12. The van der Waals surface area contributed by atoms with Gasteiger partial charge in [-0.15, -0.1) is 0 Å². The first-order chi connectivity index (χ1) is 22.6. The van der Waals surface area contributed by atoms with E-state index in [-0.39, 0.29) is 48.9 Å². The SMILES string of the molecule is Cc1cc(OCP(=O)(OCOC(=O)CCC(=O)C(C)(C)C)OCOC(=O)CCC(=O)C(C)(C)C)cc(C)c1Cc1ccc(O)c(C(C)C)n1. The molecule has 0 saturated heterocycles. The fraction of sp³-hybridized carbons (Fsp3) is 0.583. The van der Waals surface area contributed by atoms with Gasteiger partial charge in [0.15, 0.2) is 6.35 Å². The van der Waals surface area contributed by atoms with E-state index >= 15 is 0 Å². The second-order valence-corrected chi connectivity index (χ2v) is 16.3. The van der Waals surface area contributed by atoms with Crippen molar-refractivity contribution in [2.24, 2.45) is 10.8 Å². The lowest BCUT2D eigenvalue weighted by atomic mass is 9.88. The van der Waals surface area contributed by atoms with Gasteiger partial charge in [0.25, 0.3) is 0 Å². The van der Waals surface area contributed by atoms with Crippen LogP contribution in [0.3, 0.4) is 0 Å². The van der Waals surface area contributed by atoms with E-state index in [4.69, 9.17) is 23.3 Å². The summed E-state index contributed by atoms with van der Waals surface area (Å²) in [6.07, 6.45) is -0.511. The number of ether oxygens (including phenoxy) is 3. The lowest BCUT2D eigenvalue weighted by Gasteiger charge is -2.20. The number of rotatable bonds is 18. The molecule has 0 aliphatic rings. The summed E-state index contributed by atoms with van der Waals surface area (Å²) in [5, 5.41) is 10.1. The topological polar surface area (TPSA) is 165 Å². The van der Waals surface area contributed by atoms with Crippen LogP contribution in [0.1, 0.15) is 115 Å². The lowest BCUT2D eigenvalue weighted by molar-refractivity contribution is -0.154. The molecule has 0 fully saturated rings. The maximum Gasteiger partial charge on any atom is 0.373 e. The minimum Gasteiger partial charge on any atom is -0.506 e. The fourth-order valence-electron chi connectivity index (χ4n) is 4.47. The van der Waals surface area contributed by atoms with Crippen molar-refractivity contribution in [2.75, 3.05) is 19.9 Å². The summed E-state index contributed by atoms with van der Waals surface area (Å²) in [4.78, 5) is 53.4. The molecule has 49 heavy (non-hydrogen) atoms. The molecule has 0 aliphatic carbocycles. The minimum atomic E-state index is -4.19. The van der Waals surface area contributed by atoms with Crippen molar-refractivity contribution in [3.05, 3.63) is 52.3 Å². The maximum absolute atomic E-state index is 13.6. The Kier molecular flexibility index (Phi) is 15.2. The monoisotopic (exact) mass is 705 g/mol. The second-order valence-electron chi connectivity index (χ2n) is 14.3. The summed E-state index contributed by atoms with van der Waals surface area (Å²) < 4.78 is 40.2. The van der Waals surface area contributed by atoms with Gasteiger partial charge in [0.05, 0.1) is 18.5 Å². The van der Waals surface area contributed by atoms with Gasteiger partial charge in [0, 0.05) is 35.8 Å². The summed E-state index contributed by atoms with van der Waals surface area (Å²) in [7, 11) is -4.19. The van der Waals surface area contributed by atoms with Crippen molar-refractivity contribution in [2.45, 2.75) is 107 Å². The van der Waals surface area contributed by atoms with E-state index in [2.05, 4.69) is 4.98 Å². The number of hydrogen-bond acceptors (Lipinski definition) is 12. The van der Waals surface area contributed by atoms with Crippen LogP contribution in [-0.2, 0) is 48.7 Å². The quantitative estimate of drug-likeness (QED) is 0.0925. The van der Waals surface area contributed by atoms with Crippen LogP contribution in [0, 0.1) is 24.7 Å².